The van der Waals surface area contributed by atoms with Gasteiger partial charge >= 0.3 is 0 Å². The minimum atomic E-state index is -0.527. The summed E-state index contributed by atoms with van der Waals surface area (Å²) in [7, 11) is 0. The van der Waals surface area contributed by atoms with Crippen LogP contribution in [0.3, 0.4) is 0 Å². The molecule has 0 fully saturated rings. The lowest BCUT2D eigenvalue weighted by atomic mass is 10.0. The van der Waals surface area contributed by atoms with E-state index < -0.39 is 6.17 Å². The maximum Gasteiger partial charge on any atom is 0.254 e. The molecule has 0 aliphatic rings. The van der Waals surface area contributed by atoms with Crippen molar-refractivity contribution < 1.29 is 4.79 Å². The molecule has 1 atom stereocenters. The van der Waals surface area contributed by atoms with Crippen molar-refractivity contribution in [1.29, 1.82) is 0 Å². The zero-order valence-electron chi connectivity index (χ0n) is 15.4. The van der Waals surface area contributed by atoms with Crippen LogP contribution in [0, 0.1) is 0 Å². The lowest BCUT2D eigenvalue weighted by molar-refractivity contribution is 0.0927. The first-order chi connectivity index (χ1) is 14.3. The summed E-state index contributed by atoms with van der Waals surface area (Å²) in [6.45, 7) is 0. The number of aromatic nitrogens is 4. The fourth-order valence-corrected chi connectivity index (χ4v) is 3.54. The monoisotopic (exact) mass is 379 g/mol. The van der Waals surface area contributed by atoms with E-state index in [-0.39, 0.29) is 5.91 Å². The summed E-state index contributed by atoms with van der Waals surface area (Å²) in [6, 6.07) is 25.3. The van der Waals surface area contributed by atoms with E-state index in [4.69, 9.17) is 0 Å². The molecule has 0 aliphatic carbocycles. The number of para-hydroxylation sites is 1. The quantitative estimate of drug-likeness (QED) is 0.513. The van der Waals surface area contributed by atoms with Crippen LogP contribution in [0.5, 0.6) is 0 Å². The van der Waals surface area contributed by atoms with Gasteiger partial charge in [-0.15, -0.1) is 5.10 Å². The third-order valence-electron chi connectivity index (χ3n) is 4.93. The van der Waals surface area contributed by atoms with Crippen LogP contribution in [0.4, 0.5) is 0 Å². The van der Waals surface area contributed by atoms with E-state index in [2.05, 4.69) is 32.7 Å². The number of pyridine rings is 1. The van der Waals surface area contributed by atoms with Gasteiger partial charge in [-0.05, 0) is 35.0 Å². The molecule has 0 saturated heterocycles. The van der Waals surface area contributed by atoms with Gasteiger partial charge in [-0.2, -0.15) is 0 Å². The maximum atomic E-state index is 13.0. The van der Waals surface area contributed by atoms with E-state index in [9.17, 15) is 4.79 Å². The van der Waals surface area contributed by atoms with Crippen molar-refractivity contribution in [2.24, 2.45) is 0 Å². The molecule has 6 heteroatoms. The fourth-order valence-electron chi connectivity index (χ4n) is 3.54. The van der Waals surface area contributed by atoms with Crippen LogP contribution in [-0.2, 0) is 0 Å². The van der Waals surface area contributed by atoms with Gasteiger partial charge in [0, 0.05) is 18.0 Å². The van der Waals surface area contributed by atoms with Gasteiger partial charge in [-0.1, -0.05) is 59.8 Å². The number of nitrogens with one attached hydrogen (secondary N) is 1. The molecule has 2 heterocycles. The van der Waals surface area contributed by atoms with E-state index in [1.54, 1.807) is 29.2 Å². The molecule has 1 N–H and O–H groups in total. The van der Waals surface area contributed by atoms with Gasteiger partial charge in [-0.25, -0.2) is 4.68 Å². The topological polar surface area (TPSA) is 72.7 Å². The average molecular weight is 379 g/mol. The molecule has 0 bridgehead atoms. The van der Waals surface area contributed by atoms with Gasteiger partial charge in [-0.3, -0.25) is 9.78 Å². The molecular weight excluding hydrogens is 362 g/mol. The molecule has 5 rings (SSSR count). The number of nitrogens with zero attached hydrogens (tertiary/aromatic N) is 4. The van der Waals surface area contributed by atoms with Gasteiger partial charge in [0.25, 0.3) is 5.91 Å². The Morgan fingerprint density at radius 2 is 1.72 bits per heavy atom. The van der Waals surface area contributed by atoms with E-state index in [0.717, 1.165) is 27.4 Å². The first-order valence-electron chi connectivity index (χ1n) is 9.30. The Balaban J connectivity index is 1.68. The zero-order chi connectivity index (χ0) is 19.6. The molecular formula is C23H17N5O. The highest BCUT2D eigenvalue weighted by molar-refractivity contribution is 5.95. The number of carbonyl (C=O) groups is 1. The molecule has 2 aromatic heterocycles. The molecule has 1 unspecified atom stereocenters. The zero-order valence-corrected chi connectivity index (χ0v) is 15.4. The highest BCUT2D eigenvalue weighted by atomic mass is 16.1. The lowest BCUT2D eigenvalue weighted by Gasteiger charge is -2.21. The summed E-state index contributed by atoms with van der Waals surface area (Å²) in [6.07, 6.45) is 2.67. The Labute approximate surface area is 166 Å². The van der Waals surface area contributed by atoms with E-state index in [0.29, 0.717) is 5.56 Å². The molecule has 29 heavy (non-hydrogen) atoms. The molecule has 1 amide bonds. The summed E-state index contributed by atoms with van der Waals surface area (Å²) in [4.78, 5) is 17.0. The third kappa shape index (κ3) is 3.10. The molecule has 0 spiro atoms. The number of fused-ring (bicyclic) bond motifs is 2. The number of benzene rings is 3. The summed E-state index contributed by atoms with van der Waals surface area (Å²) >= 11 is 0. The van der Waals surface area contributed by atoms with Gasteiger partial charge in [0.05, 0.1) is 11.1 Å². The minimum Gasteiger partial charge on any atom is -0.326 e. The van der Waals surface area contributed by atoms with Crippen molar-refractivity contribution in [1.82, 2.24) is 25.3 Å². The number of hydrogen-bond acceptors (Lipinski definition) is 4. The van der Waals surface area contributed by atoms with E-state index in [1.807, 2.05) is 54.6 Å². The van der Waals surface area contributed by atoms with Crippen molar-refractivity contribution in [2.75, 3.05) is 0 Å². The van der Waals surface area contributed by atoms with E-state index >= 15 is 0 Å². The average Bonchev–Trinajstić information content (AvgIpc) is 3.21. The molecule has 3 aromatic carbocycles. The van der Waals surface area contributed by atoms with Gasteiger partial charge in [0.2, 0.25) is 0 Å². The largest absolute Gasteiger partial charge is 0.326 e. The first-order valence-corrected chi connectivity index (χ1v) is 9.30. The third-order valence-corrected chi connectivity index (χ3v) is 4.93. The Bertz CT molecular complexity index is 1310. The molecule has 140 valence electrons. The predicted octanol–water partition coefficient (Wildman–Crippen LogP) is 3.96. The first kappa shape index (κ1) is 17.1. The van der Waals surface area contributed by atoms with Gasteiger partial charge in [0.15, 0.2) is 6.17 Å². The van der Waals surface area contributed by atoms with Crippen LogP contribution in [-0.4, -0.2) is 25.9 Å². The number of hydrogen-bond donors (Lipinski definition) is 1. The van der Waals surface area contributed by atoms with Crippen molar-refractivity contribution in [3.05, 3.63) is 102 Å². The molecule has 6 nitrogen and oxygen atoms in total. The number of rotatable bonds is 4. The summed E-state index contributed by atoms with van der Waals surface area (Å²) < 4.78 is 1.76. The molecule has 0 aliphatic heterocycles. The molecule has 5 aromatic rings. The Morgan fingerprint density at radius 1 is 0.897 bits per heavy atom. The van der Waals surface area contributed by atoms with Crippen molar-refractivity contribution in [3.63, 3.8) is 0 Å². The summed E-state index contributed by atoms with van der Waals surface area (Å²) in [5, 5.41) is 13.9. The second-order valence-corrected chi connectivity index (χ2v) is 6.71. The van der Waals surface area contributed by atoms with Gasteiger partial charge in [0.1, 0.15) is 5.52 Å². The number of amides is 1. The van der Waals surface area contributed by atoms with Gasteiger partial charge < -0.3 is 5.32 Å². The van der Waals surface area contributed by atoms with Crippen molar-refractivity contribution >= 4 is 27.7 Å². The normalized spacial score (nSPS) is 12.1. The van der Waals surface area contributed by atoms with E-state index in [1.165, 1.54) is 0 Å². The lowest BCUT2D eigenvalue weighted by Crippen LogP contribution is -2.34. The van der Waals surface area contributed by atoms with Crippen LogP contribution < -0.4 is 5.32 Å². The Hall–Kier alpha value is -4.06. The Morgan fingerprint density at radius 3 is 2.62 bits per heavy atom. The fraction of sp³-hybridized carbons (Fsp3) is 0.0435. The highest BCUT2D eigenvalue weighted by Crippen LogP contribution is 2.27. The van der Waals surface area contributed by atoms with Crippen LogP contribution in [0.15, 0.2) is 91.3 Å². The van der Waals surface area contributed by atoms with Crippen LogP contribution in [0.1, 0.15) is 22.1 Å². The maximum absolute atomic E-state index is 13.0. The number of carbonyl (C=O) groups excluding carboxylic acids is 1. The van der Waals surface area contributed by atoms with Crippen LogP contribution in [0.25, 0.3) is 21.8 Å². The second kappa shape index (κ2) is 7.16. The highest BCUT2D eigenvalue weighted by Gasteiger charge is 2.22. The molecule has 0 radical (unpaired) electrons. The molecule has 0 saturated carbocycles. The van der Waals surface area contributed by atoms with Crippen LogP contribution >= 0.6 is 0 Å². The summed E-state index contributed by atoms with van der Waals surface area (Å²) in [5.74, 6) is -0.226. The predicted molar refractivity (Wildman–Crippen MR) is 111 cm³/mol. The summed E-state index contributed by atoms with van der Waals surface area (Å²) in [5.41, 5.74) is 3.04. The second-order valence-electron chi connectivity index (χ2n) is 6.71. The standard InChI is InChI=1S/C23H17N5O/c29-23(17-9-6-14-24-15-17)25-22(28-21-13-4-3-12-20(21)26-27-28)19-11-5-8-16-7-1-2-10-18(16)19/h1-15,22H,(H,25,29). The smallest absolute Gasteiger partial charge is 0.254 e. The van der Waals surface area contributed by atoms with Crippen molar-refractivity contribution in [3.8, 4) is 0 Å². The van der Waals surface area contributed by atoms with Crippen LogP contribution in [0.2, 0.25) is 0 Å². The minimum absolute atomic E-state index is 0.226. The van der Waals surface area contributed by atoms with Crippen molar-refractivity contribution in [2.45, 2.75) is 6.17 Å². The SMILES string of the molecule is O=C(NC(c1cccc2ccccc12)n1nnc2ccccc21)c1cccnc1. The Kier molecular flexibility index (Phi) is 4.22.